The Morgan fingerprint density at radius 1 is 1.13 bits per heavy atom. The van der Waals surface area contributed by atoms with E-state index in [4.69, 9.17) is 16.3 Å². The summed E-state index contributed by atoms with van der Waals surface area (Å²) in [6.45, 7) is 11.7. The number of rotatable bonds is 9. The standard InChI is InChI=1S/C25H33ClN2O3/c1-7-18(4)27-25(30)20(6)28(14-21-10-8-9-11-22(21)26)24(29)15-31-23-13-16(2)12-17(3)19(23)5/h8-13,18,20H,7,14-15H2,1-6H3,(H,27,30)/t18-,20-/m0/s1. The molecule has 2 rings (SSSR count). The highest BCUT2D eigenvalue weighted by molar-refractivity contribution is 6.31. The second-order valence-electron chi connectivity index (χ2n) is 8.10. The fourth-order valence-corrected chi connectivity index (χ4v) is 3.43. The Kier molecular flexibility index (Phi) is 8.93. The molecular formula is C25H33ClN2O3. The molecule has 0 saturated heterocycles. The van der Waals surface area contributed by atoms with E-state index in [1.165, 1.54) is 4.90 Å². The van der Waals surface area contributed by atoms with Gasteiger partial charge in [-0.15, -0.1) is 0 Å². The van der Waals surface area contributed by atoms with Gasteiger partial charge in [0.2, 0.25) is 5.91 Å². The van der Waals surface area contributed by atoms with Crippen LogP contribution in [-0.4, -0.2) is 35.4 Å². The van der Waals surface area contributed by atoms with Crippen molar-refractivity contribution in [2.24, 2.45) is 0 Å². The number of amides is 2. The number of aryl methyl sites for hydroxylation is 2. The number of hydrogen-bond acceptors (Lipinski definition) is 3. The quantitative estimate of drug-likeness (QED) is 0.593. The van der Waals surface area contributed by atoms with Crippen LogP contribution in [0.25, 0.3) is 0 Å². The zero-order valence-electron chi connectivity index (χ0n) is 19.3. The van der Waals surface area contributed by atoms with E-state index in [0.717, 1.165) is 28.7 Å². The molecule has 0 spiro atoms. The minimum atomic E-state index is -0.665. The van der Waals surface area contributed by atoms with Crippen LogP contribution in [-0.2, 0) is 16.1 Å². The fourth-order valence-electron chi connectivity index (χ4n) is 3.23. The fraction of sp³-hybridized carbons (Fsp3) is 0.440. The summed E-state index contributed by atoms with van der Waals surface area (Å²) in [5.41, 5.74) is 3.96. The van der Waals surface area contributed by atoms with Gasteiger partial charge in [0.25, 0.3) is 5.91 Å². The van der Waals surface area contributed by atoms with Gasteiger partial charge in [0.05, 0.1) is 0 Å². The van der Waals surface area contributed by atoms with Gasteiger partial charge in [0.15, 0.2) is 6.61 Å². The maximum absolute atomic E-state index is 13.2. The van der Waals surface area contributed by atoms with Crippen molar-refractivity contribution >= 4 is 23.4 Å². The van der Waals surface area contributed by atoms with Crippen LogP contribution in [0.5, 0.6) is 5.75 Å². The van der Waals surface area contributed by atoms with E-state index in [9.17, 15) is 9.59 Å². The third kappa shape index (κ3) is 6.73. The van der Waals surface area contributed by atoms with Gasteiger partial charge in [-0.3, -0.25) is 9.59 Å². The first-order chi connectivity index (χ1) is 14.6. The summed E-state index contributed by atoms with van der Waals surface area (Å²) in [6.07, 6.45) is 0.812. The number of ether oxygens (including phenoxy) is 1. The number of nitrogens with one attached hydrogen (secondary N) is 1. The smallest absolute Gasteiger partial charge is 0.261 e. The second-order valence-corrected chi connectivity index (χ2v) is 8.51. The Balaban J connectivity index is 2.23. The van der Waals surface area contributed by atoms with Crippen molar-refractivity contribution in [1.29, 1.82) is 0 Å². The van der Waals surface area contributed by atoms with Crippen LogP contribution in [0.2, 0.25) is 5.02 Å². The number of halogens is 1. The van der Waals surface area contributed by atoms with Crippen LogP contribution in [0, 0.1) is 20.8 Å². The molecule has 2 aromatic rings. The van der Waals surface area contributed by atoms with Gasteiger partial charge < -0.3 is 15.0 Å². The van der Waals surface area contributed by atoms with Crippen molar-refractivity contribution in [3.05, 3.63) is 63.7 Å². The Hall–Kier alpha value is -2.53. The molecule has 0 radical (unpaired) electrons. The number of benzene rings is 2. The van der Waals surface area contributed by atoms with Gasteiger partial charge in [-0.2, -0.15) is 0 Å². The van der Waals surface area contributed by atoms with E-state index in [1.807, 2.05) is 58.9 Å². The summed E-state index contributed by atoms with van der Waals surface area (Å²) in [4.78, 5) is 27.5. The molecule has 0 saturated carbocycles. The van der Waals surface area contributed by atoms with Crippen molar-refractivity contribution < 1.29 is 14.3 Å². The minimum absolute atomic E-state index is 0.0291. The summed E-state index contributed by atoms with van der Waals surface area (Å²) < 4.78 is 5.89. The first-order valence-electron chi connectivity index (χ1n) is 10.7. The van der Waals surface area contributed by atoms with Crippen molar-refractivity contribution in [2.45, 2.75) is 66.6 Å². The Bertz CT molecular complexity index is 929. The molecule has 0 unspecified atom stereocenters. The molecule has 2 atom stereocenters. The Labute approximate surface area is 190 Å². The van der Waals surface area contributed by atoms with Gasteiger partial charge in [0.1, 0.15) is 11.8 Å². The van der Waals surface area contributed by atoms with Gasteiger partial charge in [-0.25, -0.2) is 0 Å². The highest BCUT2D eigenvalue weighted by Crippen LogP contribution is 2.24. The SMILES string of the molecule is CC[C@H](C)NC(=O)[C@H](C)N(Cc1ccccc1Cl)C(=O)COc1cc(C)cc(C)c1C. The monoisotopic (exact) mass is 444 g/mol. The first kappa shape index (κ1) is 24.7. The largest absolute Gasteiger partial charge is 0.483 e. The topological polar surface area (TPSA) is 58.6 Å². The molecule has 1 N–H and O–H groups in total. The van der Waals surface area contributed by atoms with Crippen LogP contribution in [0.3, 0.4) is 0 Å². The van der Waals surface area contributed by atoms with E-state index in [-0.39, 0.29) is 31.0 Å². The van der Waals surface area contributed by atoms with Crippen LogP contribution >= 0.6 is 11.6 Å². The lowest BCUT2D eigenvalue weighted by molar-refractivity contribution is -0.142. The molecule has 6 heteroatoms. The maximum Gasteiger partial charge on any atom is 0.261 e. The van der Waals surface area contributed by atoms with Gasteiger partial charge in [0, 0.05) is 17.6 Å². The van der Waals surface area contributed by atoms with Crippen LogP contribution in [0.4, 0.5) is 0 Å². The molecule has 2 aromatic carbocycles. The second kappa shape index (κ2) is 11.2. The summed E-state index contributed by atoms with van der Waals surface area (Å²) in [6, 6.07) is 10.7. The molecular weight excluding hydrogens is 412 g/mol. The third-order valence-electron chi connectivity index (χ3n) is 5.58. The third-order valence-corrected chi connectivity index (χ3v) is 5.95. The number of carbonyl (C=O) groups is 2. The molecule has 168 valence electrons. The molecule has 0 fully saturated rings. The molecule has 0 bridgehead atoms. The van der Waals surface area contributed by atoms with Gasteiger partial charge >= 0.3 is 0 Å². The zero-order valence-corrected chi connectivity index (χ0v) is 20.0. The summed E-state index contributed by atoms with van der Waals surface area (Å²) in [5.74, 6) is 0.211. The van der Waals surface area contributed by atoms with Crippen molar-refractivity contribution in [2.75, 3.05) is 6.61 Å². The Morgan fingerprint density at radius 2 is 1.81 bits per heavy atom. The van der Waals surface area contributed by atoms with Crippen molar-refractivity contribution in [3.8, 4) is 5.75 Å². The lowest BCUT2D eigenvalue weighted by Crippen LogP contribution is -2.50. The predicted octanol–water partition coefficient (Wildman–Crippen LogP) is 4.98. The van der Waals surface area contributed by atoms with E-state index in [1.54, 1.807) is 13.0 Å². The van der Waals surface area contributed by atoms with Gasteiger partial charge in [-0.05, 0) is 75.4 Å². The average molecular weight is 445 g/mol. The van der Waals surface area contributed by atoms with Crippen LogP contribution in [0.15, 0.2) is 36.4 Å². The first-order valence-corrected chi connectivity index (χ1v) is 11.1. The van der Waals surface area contributed by atoms with Crippen molar-refractivity contribution in [3.63, 3.8) is 0 Å². The van der Waals surface area contributed by atoms with E-state index in [2.05, 4.69) is 11.4 Å². The van der Waals surface area contributed by atoms with E-state index < -0.39 is 6.04 Å². The number of hydrogen-bond donors (Lipinski definition) is 1. The van der Waals surface area contributed by atoms with Crippen LogP contribution in [0.1, 0.15) is 49.4 Å². The molecule has 0 heterocycles. The highest BCUT2D eigenvalue weighted by atomic mass is 35.5. The highest BCUT2D eigenvalue weighted by Gasteiger charge is 2.27. The number of carbonyl (C=O) groups excluding carboxylic acids is 2. The van der Waals surface area contributed by atoms with E-state index in [0.29, 0.717) is 10.8 Å². The molecule has 5 nitrogen and oxygen atoms in total. The van der Waals surface area contributed by atoms with Crippen molar-refractivity contribution in [1.82, 2.24) is 10.2 Å². The summed E-state index contributed by atoms with van der Waals surface area (Å²) in [7, 11) is 0. The average Bonchev–Trinajstić information content (AvgIpc) is 2.73. The summed E-state index contributed by atoms with van der Waals surface area (Å²) >= 11 is 6.32. The minimum Gasteiger partial charge on any atom is -0.483 e. The molecule has 0 aliphatic heterocycles. The molecule has 0 aliphatic carbocycles. The predicted molar refractivity (Wildman–Crippen MR) is 126 cm³/mol. The van der Waals surface area contributed by atoms with Gasteiger partial charge in [-0.1, -0.05) is 42.8 Å². The molecule has 31 heavy (non-hydrogen) atoms. The number of nitrogens with zero attached hydrogens (tertiary/aromatic N) is 1. The molecule has 0 aromatic heterocycles. The molecule has 0 aliphatic rings. The van der Waals surface area contributed by atoms with E-state index >= 15 is 0 Å². The normalized spacial score (nSPS) is 12.7. The lowest BCUT2D eigenvalue weighted by atomic mass is 10.1. The lowest BCUT2D eigenvalue weighted by Gasteiger charge is -2.30. The Morgan fingerprint density at radius 3 is 2.45 bits per heavy atom. The summed E-state index contributed by atoms with van der Waals surface area (Å²) in [5, 5.41) is 3.51. The molecule has 2 amide bonds. The zero-order chi connectivity index (χ0) is 23.1. The maximum atomic E-state index is 13.2. The van der Waals surface area contributed by atoms with Crippen LogP contribution < -0.4 is 10.1 Å².